The minimum Gasteiger partial charge on any atom is -0.494 e. The van der Waals surface area contributed by atoms with Gasteiger partial charge in [-0.05, 0) is 47.9 Å². The fraction of sp³-hybridized carbons (Fsp3) is 0.0833. The Bertz CT molecular complexity index is 1510. The first-order chi connectivity index (χ1) is 15.2. The third-order valence-corrected chi connectivity index (χ3v) is 6.07. The molecule has 0 saturated carbocycles. The van der Waals surface area contributed by atoms with Gasteiger partial charge in [-0.1, -0.05) is 48.0 Å². The Kier molecular flexibility index (Phi) is 5.65. The van der Waals surface area contributed by atoms with Crippen molar-refractivity contribution < 1.29 is 13.5 Å². The van der Waals surface area contributed by atoms with Crippen molar-refractivity contribution in [3.05, 3.63) is 93.8 Å². The summed E-state index contributed by atoms with van der Waals surface area (Å²) in [6.07, 6.45) is 1.50. The van der Waals surface area contributed by atoms with Crippen molar-refractivity contribution in [2.75, 3.05) is 0 Å². The number of hydrogen-bond acceptors (Lipinski definition) is 5. The van der Waals surface area contributed by atoms with Gasteiger partial charge in [0.25, 0.3) is 5.56 Å². The quantitative estimate of drug-likeness (QED) is 0.405. The number of pyridine rings is 1. The smallest absolute Gasteiger partial charge is 0.258 e. The summed E-state index contributed by atoms with van der Waals surface area (Å²) in [5, 5.41) is 16.5. The van der Waals surface area contributed by atoms with Gasteiger partial charge in [-0.15, -0.1) is 0 Å². The van der Waals surface area contributed by atoms with Crippen LogP contribution in [0.2, 0.25) is 0 Å². The van der Waals surface area contributed by atoms with E-state index in [2.05, 4.69) is 9.98 Å². The lowest BCUT2D eigenvalue weighted by Gasteiger charge is -2.08. The van der Waals surface area contributed by atoms with Crippen LogP contribution in [0, 0.1) is 6.92 Å². The topological polar surface area (TPSA) is 126 Å². The SMILES string of the molecule is Cc1cccc(-c2ccc3c(=O)[nH]c(O)c(C=NCc4ccc(S(N)(=O)=O)cc4)c3c2)c1. The first-order valence-corrected chi connectivity index (χ1v) is 11.3. The van der Waals surface area contributed by atoms with Gasteiger partial charge < -0.3 is 5.11 Å². The molecular weight excluding hydrogens is 426 g/mol. The Morgan fingerprint density at radius 3 is 2.41 bits per heavy atom. The molecule has 0 aliphatic rings. The lowest BCUT2D eigenvalue weighted by Crippen LogP contribution is -2.11. The van der Waals surface area contributed by atoms with E-state index in [-0.39, 0.29) is 22.9 Å². The van der Waals surface area contributed by atoms with E-state index in [0.717, 1.165) is 22.3 Å². The van der Waals surface area contributed by atoms with Crippen molar-refractivity contribution in [3.8, 4) is 17.0 Å². The maximum atomic E-state index is 12.3. The average Bonchev–Trinajstić information content (AvgIpc) is 2.75. The molecule has 0 radical (unpaired) electrons. The lowest BCUT2D eigenvalue weighted by molar-refractivity contribution is 0.452. The van der Waals surface area contributed by atoms with Crippen LogP contribution in [-0.4, -0.2) is 24.7 Å². The summed E-state index contributed by atoms with van der Waals surface area (Å²) in [6.45, 7) is 2.26. The van der Waals surface area contributed by atoms with Crippen LogP contribution in [0.5, 0.6) is 5.88 Å². The number of primary sulfonamides is 1. The molecule has 1 heterocycles. The Balaban J connectivity index is 1.71. The molecule has 4 N–H and O–H groups in total. The number of nitrogens with two attached hydrogens (primary N) is 1. The molecule has 0 aliphatic carbocycles. The zero-order valence-corrected chi connectivity index (χ0v) is 18.1. The largest absolute Gasteiger partial charge is 0.494 e. The highest BCUT2D eigenvalue weighted by Gasteiger charge is 2.11. The van der Waals surface area contributed by atoms with Crippen molar-refractivity contribution in [2.24, 2.45) is 10.1 Å². The van der Waals surface area contributed by atoms with Crippen molar-refractivity contribution in [1.29, 1.82) is 0 Å². The summed E-state index contributed by atoms with van der Waals surface area (Å²) >= 11 is 0. The van der Waals surface area contributed by atoms with Crippen LogP contribution in [0.25, 0.3) is 21.9 Å². The third kappa shape index (κ3) is 4.46. The number of H-pyrrole nitrogens is 1. The number of fused-ring (bicyclic) bond motifs is 1. The number of nitrogens with one attached hydrogen (secondary N) is 1. The molecule has 0 unspecified atom stereocenters. The second-order valence-electron chi connectivity index (χ2n) is 7.50. The van der Waals surface area contributed by atoms with Gasteiger partial charge in [0.1, 0.15) is 0 Å². The predicted molar refractivity (Wildman–Crippen MR) is 126 cm³/mol. The Morgan fingerprint density at radius 2 is 1.72 bits per heavy atom. The molecule has 7 nitrogen and oxygen atoms in total. The summed E-state index contributed by atoms with van der Waals surface area (Å²) in [4.78, 5) is 19.2. The first kappa shape index (κ1) is 21.5. The molecular formula is C24H21N3O4S. The van der Waals surface area contributed by atoms with E-state index in [0.29, 0.717) is 16.3 Å². The zero-order chi connectivity index (χ0) is 22.9. The maximum Gasteiger partial charge on any atom is 0.258 e. The molecule has 0 aliphatic heterocycles. The van der Waals surface area contributed by atoms with E-state index in [4.69, 9.17) is 5.14 Å². The van der Waals surface area contributed by atoms with Crippen LogP contribution in [0.1, 0.15) is 16.7 Å². The Morgan fingerprint density at radius 1 is 1.00 bits per heavy atom. The molecule has 0 bridgehead atoms. The molecule has 4 rings (SSSR count). The highest BCUT2D eigenvalue weighted by Crippen LogP contribution is 2.28. The second kappa shape index (κ2) is 8.41. The van der Waals surface area contributed by atoms with Crippen molar-refractivity contribution >= 4 is 27.0 Å². The van der Waals surface area contributed by atoms with Crippen LogP contribution in [0.3, 0.4) is 0 Å². The normalized spacial score (nSPS) is 11.9. The van der Waals surface area contributed by atoms with E-state index in [1.165, 1.54) is 18.3 Å². The number of hydrogen-bond donors (Lipinski definition) is 3. The standard InChI is InChI=1S/C24H21N3O4S/c1-15-3-2-4-17(11-15)18-7-10-20-21(12-18)22(24(29)27-23(20)28)14-26-13-16-5-8-19(9-6-16)32(25,30)31/h2-12,14H,13H2,1H3,(H2,25,30,31)(H2,27,28,29). The van der Waals surface area contributed by atoms with Crippen LogP contribution in [0.4, 0.5) is 0 Å². The van der Waals surface area contributed by atoms with Crippen LogP contribution in [-0.2, 0) is 16.6 Å². The molecule has 8 heteroatoms. The molecule has 0 atom stereocenters. The van der Waals surface area contributed by atoms with Crippen molar-refractivity contribution in [3.63, 3.8) is 0 Å². The molecule has 0 spiro atoms. The van der Waals surface area contributed by atoms with Crippen LogP contribution >= 0.6 is 0 Å². The number of aromatic hydroxyl groups is 1. The second-order valence-corrected chi connectivity index (χ2v) is 9.07. The lowest BCUT2D eigenvalue weighted by atomic mass is 9.99. The zero-order valence-electron chi connectivity index (χ0n) is 17.2. The molecule has 4 aromatic rings. The van der Waals surface area contributed by atoms with Crippen molar-refractivity contribution in [2.45, 2.75) is 18.4 Å². The van der Waals surface area contributed by atoms with Gasteiger partial charge in [-0.25, -0.2) is 13.6 Å². The number of sulfonamides is 1. The van der Waals surface area contributed by atoms with Gasteiger partial charge in [-0.3, -0.25) is 14.8 Å². The Hall–Kier alpha value is -3.75. The molecule has 0 amide bonds. The van der Waals surface area contributed by atoms with E-state index in [9.17, 15) is 18.3 Å². The summed E-state index contributed by atoms with van der Waals surface area (Å²) in [6, 6.07) is 19.6. The molecule has 0 fully saturated rings. The van der Waals surface area contributed by atoms with E-state index in [1.807, 2.05) is 43.3 Å². The highest BCUT2D eigenvalue weighted by atomic mass is 32.2. The molecule has 3 aromatic carbocycles. The maximum absolute atomic E-state index is 12.3. The molecule has 32 heavy (non-hydrogen) atoms. The van der Waals surface area contributed by atoms with Crippen molar-refractivity contribution in [1.82, 2.24) is 4.98 Å². The number of aromatic amines is 1. The minimum atomic E-state index is -3.75. The molecule has 1 aromatic heterocycles. The first-order valence-electron chi connectivity index (χ1n) is 9.80. The number of aromatic nitrogens is 1. The minimum absolute atomic E-state index is 0.0261. The number of aryl methyl sites for hydroxylation is 1. The summed E-state index contributed by atoms with van der Waals surface area (Å²) < 4.78 is 22.7. The fourth-order valence-corrected chi connectivity index (χ4v) is 4.01. The molecule has 162 valence electrons. The van der Waals surface area contributed by atoms with Gasteiger partial charge in [0.15, 0.2) is 0 Å². The van der Waals surface area contributed by atoms with E-state index < -0.39 is 10.0 Å². The fourth-order valence-electron chi connectivity index (χ4n) is 3.50. The van der Waals surface area contributed by atoms with Crippen LogP contribution in [0.15, 0.2) is 81.4 Å². The number of aliphatic imine (C=N–C) groups is 1. The van der Waals surface area contributed by atoms with Gasteiger partial charge >= 0.3 is 0 Å². The van der Waals surface area contributed by atoms with E-state index >= 15 is 0 Å². The Labute approximate surface area is 184 Å². The van der Waals surface area contributed by atoms with Gasteiger partial charge in [0, 0.05) is 17.0 Å². The number of benzene rings is 3. The third-order valence-electron chi connectivity index (χ3n) is 5.14. The average molecular weight is 448 g/mol. The van der Waals surface area contributed by atoms with E-state index in [1.54, 1.807) is 18.2 Å². The number of rotatable bonds is 5. The monoisotopic (exact) mass is 447 g/mol. The molecule has 0 saturated heterocycles. The van der Waals surface area contributed by atoms with Gasteiger partial charge in [0.05, 0.1) is 17.0 Å². The number of nitrogens with zero attached hydrogens (tertiary/aromatic N) is 1. The summed E-state index contributed by atoms with van der Waals surface area (Å²) in [7, 11) is -3.75. The summed E-state index contributed by atoms with van der Waals surface area (Å²) in [5.41, 5.74) is 3.82. The summed E-state index contributed by atoms with van der Waals surface area (Å²) in [5.74, 6) is -0.266. The van der Waals surface area contributed by atoms with Gasteiger partial charge in [0.2, 0.25) is 15.9 Å². The van der Waals surface area contributed by atoms with Crippen LogP contribution < -0.4 is 10.7 Å². The highest BCUT2D eigenvalue weighted by molar-refractivity contribution is 7.89. The predicted octanol–water partition coefficient (Wildman–Crippen LogP) is 3.48. The van der Waals surface area contributed by atoms with Gasteiger partial charge in [-0.2, -0.15) is 0 Å².